The largest absolute Gasteiger partial charge is 0.374 e. The van der Waals surface area contributed by atoms with Gasteiger partial charge >= 0.3 is 0 Å². The molecule has 0 radical (unpaired) electrons. The Morgan fingerprint density at radius 2 is 2.12 bits per heavy atom. The average molecular weight is 264 g/mol. The summed E-state index contributed by atoms with van der Waals surface area (Å²) in [7, 11) is -1.99. The summed E-state index contributed by atoms with van der Waals surface area (Å²) in [6.45, 7) is 3.88. The highest BCUT2D eigenvalue weighted by Crippen LogP contribution is 2.22. The monoisotopic (exact) mass is 264 g/mol. The molecule has 8 heteroatoms. The number of rotatable bonds is 5. The van der Waals surface area contributed by atoms with E-state index in [9.17, 15) is 8.42 Å². The van der Waals surface area contributed by atoms with Gasteiger partial charge in [-0.05, 0) is 13.3 Å². The van der Waals surface area contributed by atoms with Crippen molar-refractivity contribution >= 4 is 26.5 Å². The molecule has 0 spiro atoms. The molecule has 0 aliphatic carbocycles. The Balaban J connectivity index is 2.94. The number of hydrogen-bond donors (Lipinski definition) is 1. The molecule has 0 aliphatic heterocycles. The standard InChI is InChI=1S/C8H16N4O2S2/c1-4-5-6(2)12(3)16(13,14)8-11-10-7(9)15-8/h6H,4-5H2,1-3H3,(H2,9,10). The zero-order chi connectivity index (χ0) is 12.3. The van der Waals surface area contributed by atoms with E-state index < -0.39 is 10.0 Å². The molecule has 1 unspecified atom stereocenters. The molecule has 0 saturated heterocycles. The van der Waals surface area contributed by atoms with Gasteiger partial charge in [0.2, 0.25) is 9.47 Å². The SMILES string of the molecule is CCCC(C)N(C)S(=O)(=O)c1nnc(N)s1. The highest BCUT2D eigenvalue weighted by Gasteiger charge is 2.28. The Morgan fingerprint density at radius 1 is 1.50 bits per heavy atom. The lowest BCUT2D eigenvalue weighted by Crippen LogP contribution is -2.34. The van der Waals surface area contributed by atoms with Gasteiger partial charge in [0, 0.05) is 13.1 Å². The van der Waals surface area contributed by atoms with E-state index in [0.717, 1.165) is 24.2 Å². The minimum Gasteiger partial charge on any atom is -0.374 e. The van der Waals surface area contributed by atoms with E-state index in [1.54, 1.807) is 7.05 Å². The van der Waals surface area contributed by atoms with E-state index in [4.69, 9.17) is 5.73 Å². The summed E-state index contributed by atoms with van der Waals surface area (Å²) in [5, 5.41) is 7.24. The van der Waals surface area contributed by atoms with Crippen LogP contribution in [-0.2, 0) is 10.0 Å². The molecule has 0 aliphatic rings. The summed E-state index contributed by atoms with van der Waals surface area (Å²) in [5.41, 5.74) is 5.37. The molecule has 2 N–H and O–H groups in total. The molecule has 1 rings (SSSR count). The summed E-state index contributed by atoms with van der Waals surface area (Å²) < 4.78 is 25.4. The van der Waals surface area contributed by atoms with Gasteiger partial charge in [-0.3, -0.25) is 0 Å². The Morgan fingerprint density at radius 3 is 2.56 bits per heavy atom. The molecule has 1 aromatic rings. The first-order chi connectivity index (χ1) is 7.39. The van der Waals surface area contributed by atoms with Gasteiger partial charge in [-0.15, -0.1) is 10.2 Å². The van der Waals surface area contributed by atoms with Crippen LogP contribution in [0.25, 0.3) is 0 Å². The van der Waals surface area contributed by atoms with E-state index in [1.807, 2.05) is 13.8 Å². The van der Waals surface area contributed by atoms with Crippen molar-refractivity contribution in [3.63, 3.8) is 0 Å². The summed E-state index contributed by atoms with van der Waals surface area (Å²) in [4.78, 5) is 0. The van der Waals surface area contributed by atoms with Crippen LogP contribution in [0.5, 0.6) is 0 Å². The smallest absolute Gasteiger partial charge is 0.272 e. The van der Waals surface area contributed by atoms with Gasteiger partial charge in [0.15, 0.2) is 0 Å². The molecular weight excluding hydrogens is 248 g/mol. The highest BCUT2D eigenvalue weighted by molar-refractivity contribution is 7.91. The Hall–Kier alpha value is -0.730. The molecule has 0 fully saturated rings. The number of hydrogen-bond acceptors (Lipinski definition) is 6. The maximum Gasteiger partial charge on any atom is 0.272 e. The second-order valence-electron chi connectivity index (χ2n) is 3.57. The number of aromatic nitrogens is 2. The van der Waals surface area contributed by atoms with Crippen LogP contribution in [0.4, 0.5) is 5.13 Å². The maximum atomic E-state index is 12.0. The van der Waals surface area contributed by atoms with Crippen molar-refractivity contribution in [2.75, 3.05) is 12.8 Å². The number of anilines is 1. The van der Waals surface area contributed by atoms with Gasteiger partial charge in [-0.2, -0.15) is 4.31 Å². The number of sulfonamides is 1. The molecular formula is C8H16N4O2S2. The quantitative estimate of drug-likeness (QED) is 0.854. The topological polar surface area (TPSA) is 89.2 Å². The third-order valence-electron chi connectivity index (χ3n) is 2.35. The highest BCUT2D eigenvalue weighted by atomic mass is 32.2. The first kappa shape index (κ1) is 13.3. The lowest BCUT2D eigenvalue weighted by molar-refractivity contribution is 0.368. The van der Waals surface area contributed by atoms with Crippen LogP contribution in [0.3, 0.4) is 0 Å². The second-order valence-corrected chi connectivity index (χ2v) is 6.75. The molecule has 1 atom stereocenters. The molecule has 1 aromatic heterocycles. The minimum atomic E-state index is -3.54. The van der Waals surface area contributed by atoms with Crippen LogP contribution in [0.1, 0.15) is 26.7 Å². The van der Waals surface area contributed by atoms with Crippen LogP contribution >= 0.6 is 11.3 Å². The molecule has 0 saturated carbocycles. The van der Waals surface area contributed by atoms with Gasteiger partial charge in [-0.1, -0.05) is 24.7 Å². The molecule has 6 nitrogen and oxygen atoms in total. The minimum absolute atomic E-state index is 0.0459. The van der Waals surface area contributed by atoms with Gasteiger partial charge < -0.3 is 5.73 Å². The van der Waals surface area contributed by atoms with Crippen molar-refractivity contribution in [2.24, 2.45) is 0 Å². The van der Waals surface area contributed by atoms with Gasteiger partial charge in [0.1, 0.15) is 0 Å². The first-order valence-electron chi connectivity index (χ1n) is 4.96. The normalized spacial score (nSPS) is 14.2. The second kappa shape index (κ2) is 5.07. The first-order valence-corrected chi connectivity index (χ1v) is 7.22. The van der Waals surface area contributed by atoms with E-state index in [1.165, 1.54) is 4.31 Å². The summed E-state index contributed by atoms with van der Waals surface area (Å²) >= 11 is 0.884. The number of nitrogens with zero attached hydrogens (tertiary/aromatic N) is 3. The molecule has 0 aromatic carbocycles. The van der Waals surface area contributed by atoms with Gasteiger partial charge in [-0.25, -0.2) is 8.42 Å². The maximum absolute atomic E-state index is 12.0. The fourth-order valence-electron chi connectivity index (χ4n) is 1.28. The fourth-order valence-corrected chi connectivity index (χ4v) is 3.63. The average Bonchev–Trinajstić information content (AvgIpc) is 2.64. The lowest BCUT2D eigenvalue weighted by atomic mass is 10.2. The third kappa shape index (κ3) is 2.69. The molecule has 16 heavy (non-hydrogen) atoms. The summed E-state index contributed by atoms with van der Waals surface area (Å²) in [6, 6.07) is -0.0554. The van der Waals surface area contributed by atoms with Crippen LogP contribution < -0.4 is 5.73 Å². The van der Waals surface area contributed by atoms with Gasteiger partial charge in [0.25, 0.3) is 10.0 Å². The third-order valence-corrected chi connectivity index (χ3v) is 5.42. The van der Waals surface area contributed by atoms with E-state index in [2.05, 4.69) is 10.2 Å². The van der Waals surface area contributed by atoms with Crippen molar-refractivity contribution in [1.82, 2.24) is 14.5 Å². The Labute approximate surface area is 99.5 Å². The van der Waals surface area contributed by atoms with Gasteiger partial charge in [0.05, 0.1) is 0 Å². The number of nitrogen functional groups attached to an aromatic ring is 1. The van der Waals surface area contributed by atoms with Crippen LogP contribution in [0.2, 0.25) is 0 Å². The molecule has 0 bridgehead atoms. The Bertz CT molecular complexity index is 443. The lowest BCUT2D eigenvalue weighted by Gasteiger charge is -2.22. The number of nitrogens with two attached hydrogens (primary N) is 1. The van der Waals surface area contributed by atoms with E-state index >= 15 is 0 Å². The summed E-state index contributed by atoms with van der Waals surface area (Å²) in [5.74, 6) is 0. The van der Waals surface area contributed by atoms with Crippen molar-refractivity contribution in [3.8, 4) is 0 Å². The van der Waals surface area contributed by atoms with Crippen molar-refractivity contribution in [2.45, 2.75) is 37.1 Å². The van der Waals surface area contributed by atoms with Crippen LogP contribution in [-0.4, -0.2) is 36.0 Å². The fraction of sp³-hybridized carbons (Fsp3) is 0.750. The Kier molecular flexibility index (Phi) is 4.22. The predicted octanol–water partition coefficient (Wildman–Crippen LogP) is 0.929. The van der Waals surface area contributed by atoms with Crippen molar-refractivity contribution in [3.05, 3.63) is 0 Å². The van der Waals surface area contributed by atoms with Crippen molar-refractivity contribution in [1.29, 1.82) is 0 Å². The van der Waals surface area contributed by atoms with Crippen LogP contribution in [0, 0.1) is 0 Å². The zero-order valence-electron chi connectivity index (χ0n) is 9.54. The zero-order valence-corrected chi connectivity index (χ0v) is 11.2. The molecule has 1 heterocycles. The summed E-state index contributed by atoms with van der Waals surface area (Å²) in [6.07, 6.45) is 1.74. The molecule has 92 valence electrons. The van der Waals surface area contributed by atoms with E-state index in [0.29, 0.717) is 0 Å². The molecule has 0 amide bonds. The van der Waals surface area contributed by atoms with Crippen LogP contribution in [0.15, 0.2) is 4.34 Å². The van der Waals surface area contributed by atoms with Crippen molar-refractivity contribution < 1.29 is 8.42 Å². The van der Waals surface area contributed by atoms with E-state index in [-0.39, 0.29) is 15.5 Å². The predicted molar refractivity (Wildman–Crippen MR) is 63.6 cm³/mol.